The summed E-state index contributed by atoms with van der Waals surface area (Å²) in [5, 5.41) is 3.48. The number of hydrogen-bond acceptors (Lipinski definition) is 4. The largest absolute Gasteiger partial charge is 0.306 e. The summed E-state index contributed by atoms with van der Waals surface area (Å²) in [6, 6.07) is 10.3. The fourth-order valence-corrected chi connectivity index (χ4v) is 3.09. The van der Waals surface area contributed by atoms with Crippen molar-refractivity contribution in [1.29, 1.82) is 0 Å². The van der Waals surface area contributed by atoms with Crippen molar-refractivity contribution in [3.8, 4) is 5.69 Å². The van der Waals surface area contributed by atoms with Crippen LogP contribution in [0, 0.1) is 13.8 Å². The van der Waals surface area contributed by atoms with E-state index in [0.29, 0.717) is 0 Å². The molecule has 4 nitrogen and oxygen atoms in total. The number of nitrogens with zero attached hydrogens (tertiary/aromatic N) is 3. The monoisotopic (exact) mass is 298 g/mol. The average Bonchev–Trinajstić information content (AvgIpc) is 3.07. The SMILES string of the molecule is Cc1ncsc1CNCc1cnc(C)n1-c1ccccc1. The number of benzene rings is 1. The number of rotatable bonds is 5. The molecule has 0 spiro atoms. The molecule has 2 heterocycles. The molecule has 1 N–H and O–H groups in total. The first-order valence-electron chi connectivity index (χ1n) is 6.94. The van der Waals surface area contributed by atoms with Gasteiger partial charge in [-0.25, -0.2) is 9.97 Å². The molecule has 21 heavy (non-hydrogen) atoms. The van der Waals surface area contributed by atoms with Crippen LogP contribution in [0.1, 0.15) is 22.1 Å². The van der Waals surface area contributed by atoms with Crippen molar-refractivity contribution in [2.75, 3.05) is 0 Å². The minimum absolute atomic E-state index is 0.785. The fourth-order valence-electron chi connectivity index (χ4n) is 2.35. The van der Waals surface area contributed by atoms with Crippen LogP contribution in [0.5, 0.6) is 0 Å². The Morgan fingerprint density at radius 1 is 1.10 bits per heavy atom. The second kappa shape index (κ2) is 6.20. The Morgan fingerprint density at radius 3 is 2.62 bits per heavy atom. The summed E-state index contributed by atoms with van der Waals surface area (Å²) in [6.07, 6.45) is 1.94. The molecule has 0 amide bonds. The molecule has 108 valence electrons. The third kappa shape index (κ3) is 3.04. The maximum atomic E-state index is 4.44. The molecule has 0 fully saturated rings. The molecule has 0 radical (unpaired) electrons. The van der Waals surface area contributed by atoms with Crippen LogP contribution in [-0.4, -0.2) is 14.5 Å². The van der Waals surface area contributed by atoms with Gasteiger partial charge in [-0.15, -0.1) is 11.3 Å². The molecule has 0 atom stereocenters. The van der Waals surface area contributed by atoms with E-state index in [1.54, 1.807) is 11.3 Å². The Kier molecular flexibility index (Phi) is 4.13. The quantitative estimate of drug-likeness (QED) is 0.786. The molecule has 3 aromatic rings. The summed E-state index contributed by atoms with van der Waals surface area (Å²) < 4.78 is 2.19. The first-order chi connectivity index (χ1) is 10.3. The van der Waals surface area contributed by atoms with Gasteiger partial charge in [0.05, 0.1) is 23.1 Å². The zero-order chi connectivity index (χ0) is 14.7. The number of imidazole rings is 1. The summed E-state index contributed by atoms with van der Waals surface area (Å²) >= 11 is 1.69. The van der Waals surface area contributed by atoms with E-state index in [2.05, 4.69) is 32.0 Å². The van der Waals surface area contributed by atoms with Crippen LogP contribution in [0.3, 0.4) is 0 Å². The predicted molar refractivity (Wildman–Crippen MR) is 85.7 cm³/mol. The third-order valence-electron chi connectivity index (χ3n) is 3.46. The Labute approximate surface area is 128 Å². The molecular weight excluding hydrogens is 280 g/mol. The van der Waals surface area contributed by atoms with E-state index in [1.807, 2.05) is 43.8 Å². The molecule has 0 saturated carbocycles. The normalized spacial score (nSPS) is 11.0. The Hall–Kier alpha value is -1.98. The molecule has 3 rings (SSSR count). The highest BCUT2D eigenvalue weighted by Gasteiger charge is 2.08. The lowest BCUT2D eigenvalue weighted by Crippen LogP contribution is -2.15. The lowest BCUT2D eigenvalue weighted by Gasteiger charge is -2.11. The summed E-state index contributed by atoms with van der Waals surface area (Å²) in [7, 11) is 0. The van der Waals surface area contributed by atoms with Gasteiger partial charge in [-0.3, -0.25) is 4.57 Å². The molecule has 0 bridgehead atoms. The summed E-state index contributed by atoms with van der Waals surface area (Å²) in [5.74, 6) is 1.01. The third-order valence-corrected chi connectivity index (χ3v) is 4.40. The van der Waals surface area contributed by atoms with Gasteiger partial charge in [0.1, 0.15) is 5.82 Å². The van der Waals surface area contributed by atoms with Crippen LogP contribution < -0.4 is 5.32 Å². The van der Waals surface area contributed by atoms with E-state index in [0.717, 1.165) is 30.3 Å². The van der Waals surface area contributed by atoms with Crippen LogP contribution in [0.25, 0.3) is 5.69 Å². The molecule has 0 aliphatic heterocycles. The van der Waals surface area contributed by atoms with Crippen LogP contribution in [0.15, 0.2) is 42.0 Å². The summed E-state index contributed by atoms with van der Waals surface area (Å²) in [6.45, 7) is 5.71. The van der Waals surface area contributed by atoms with Crippen molar-refractivity contribution in [1.82, 2.24) is 19.9 Å². The Morgan fingerprint density at radius 2 is 1.90 bits per heavy atom. The standard InChI is InChI=1S/C16H18N4S/c1-12-16(21-11-19-12)10-17-8-15-9-18-13(2)20(15)14-6-4-3-5-7-14/h3-7,9,11,17H,8,10H2,1-2H3. The minimum atomic E-state index is 0.785. The maximum Gasteiger partial charge on any atom is 0.110 e. The van der Waals surface area contributed by atoms with Gasteiger partial charge in [0.15, 0.2) is 0 Å². The van der Waals surface area contributed by atoms with E-state index >= 15 is 0 Å². The van der Waals surface area contributed by atoms with Crippen molar-refractivity contribution in [3.05, 3.63) is 64.1 Å². The van der Waals surface area contributed by atoms with Crippen LogP contribution in [-0.2, 0) is 13.1 Å². The first-order valence-corrected chi connectivity index (χ1v) is 7.82. The van der Waals surface area contributed by atoms with Gasteiger partial charge < -0.3 is 5.32 Å². The number of hydrogen-bond donors (Lipinski definition) is 1. The van der Waals surface area contributed by atoms with E-state index in [-0.39, 0.29) is 0 Å². The highest BCUT2D eigenvalue weighted by atomic mass is 32.1. The maximum absolute atomic E-state index is 4.44. The fraction of sp³-hybridized carbons (Fsp3) is 0.250. The van der Waals surface area contributed by atoms with Crippen LogP contribution >= 0.6 is 11.3 Å². The molecular formula is C16H18N4S. The van der Waals surface area contributed by atoms with Gasteiger partial charge in [-0.1, -0.05) is 18.2 Å². The number of thiazole rings is 1. The molecule has 2 aromatic heterocycles. The first kappa shape index (κ1) is 14.0. The van der Waals surface area contributed by atoms with Crippen LogP contribution in [0.2, 0.25) is 0 Å². The lowest BCUT2D eigenvalue weighted by molar-refractivity contribution is 0.670. The van der Waals surface area contributed by atoms with Crippen molar-refractivity contribution in [3.63, 3.8) is 0 Å². The zero-order valence-electron chi connectivity index (χ0n) is 12.2. The average molecular weight is 298 g/mol. The summed E-state index contributed by atoms with van der Waals surface area (Å²) in [5.41, 5.74) is 5.32. The van der Waals surface area contributed by atoms with Gasteiger partial charge in [-0.05, 0) is 26.0 Å². The van der Waals surface area contributed by atoms with Crippen molar-refractivity contribution >= 4 is 11.3 Å². The lowest BCUT2D eigenvalue weighted by atomic mass is 10.3. The van der Waals surface area contributed by atoms with Crippen molar-refractivity contribution in [2.24, 2.45) is 0 Å². The molecule has 0 unspecified atom stereocenters. The summed E-state index contributed by atoms with van der Waals surface area (Å²) in [4.78, 5) is 10.0. The van der Waals surface area contributed by atoms with E-state index in [9.17, 15) is 0 Å². The van der Waals surface area contributed by atoms with Gasteiger partial charge in [0.25, 0.3) is 0 Å². The van der Waals surface area contributed by atoms with Gasteiger partial charge in [0, 0.05) is 23.7 Å². The minimum Gasteiger partial charge on any atom is -0.306 e. The van der Waals surface area contributed by atoms with Gasteiger partial charge in [0.2, 0.25) is 0 Å². The number of nitrogens with one attached hydrogen (secondary N) is 1. The number of aryl methyl sites for hydroxylation is 2. The predicted octanol–water partition coefficient (Wildman–Crippen LogP) is 3.24. The number of para-hydroxylation sites is 1. The molecule has 1 aromatic carbocycles. The molecule has 0 aliphatic rings. The highest BCUT2D eigenvalue weighted by Crippen LogP contribution is 2.15. The Balaban J connectivity index is 1.73. The van der Waals surface area contributed by atoms with Crippen molar-refractivity contribution in [2.45, 2.75) is 26.9 Å². The van der Waals surface area contributed by atoms with E-state index in [4.69, 9.17) is 0 Å². The van der Waals surface area contributed by atoms with Gasteiger partial charge in [-0.2, -0.15) is 0 Å². The highest BCUT2D eigenvalue weighted by molar-refractivity contribution is 7.09. The molecule has 0 saturated heterocycles. The van der Waals surface area contributed by atoms with E-state index < -0.39 is 0 Å². The smallest absolute Gasteiger partial charge is 0.110 e. The zero-order valence-corrected chi connectivity index (χ0v) is 13.0. The van der Waals surface area contributed by atoms with Gasteiger partial charge >= 0.3 is 0 Å². The van der Waals surface area contributed by atoms with E-state index in [1.165, 1.54) is 10.6 Å². The number of aromatic nitrogens is 3. The second-order valence-electron chi connectivity index (χ2n) is 4.93. The van der Waals surface area contributed by atoms with Crippen molar-refractivity contribution < 1.29 is 0 Å². The van der Waals surface area contributed by atoms with Crippen LogP contribution in [0.4, 0.5) is 0 Å². The molecule has 5 heteroatoms. The molecule has 0 aliphatic carbocycles. The topological polar surface area (TPSA) is 42.7 Å². The Bertz CT molecular complexity index is 715. The second-order valence-corrected chi connectivity index (χ2v) is 5.87.